The second-order valence-electron chi connectivity index (χ2n) is 6.60. The largest absolute Gasteiger partial charge is 0.350 e. The van der Waals surface area contributed by atoms with E-state index in [1.807, 2.05) is 18.7 Å². The smallest absolute Gasteiger partial charge is 0.251 e. The Balaban J connectivity index is 1.73. The average molecular weight is 389 g/mol. The van der Waals surface area contributed by atoms with Crippen LogP contribution in [0.2, 0.25) is 0 Å². The third-order valence-electron chi connectivity index (χ3n) is 4.23. The molecule has 0 aliphatic carbocycles. The molecule has 0 unspecified atom stereocenters. The highest BCUT2D eigenvalue weighted by Gasteiger charge is 2.29. The van der Waals surface area contributed by atoms with E-state index in [-0.39, 0.29) is 16.8 Å². The SMILES string of the molecule is CC(C)NC(=O)c1cccc(S(=O)(=O)N2CCN(c3ncccn3)CC2)c1. The molecule has 0 spiro atoms. The number of carbonyl (C=O) groups excluding carboxylic acids is 1. The zero-order valence-electron chi connectivity index (χ0n) is 15.4. The number of benzene rings is 1. The second kappa shape index (κ2) is 8.01. The van der Waals surface area contributed by atoms with Crippen LogP contribution in [0.4, 0.5) is 5.95 Å². The molecule has 1 aliphatic rings. The van der Waals surface area contributed by atoms with Crippen molar-refractivity contribution < 1.29 is 13.2 Å². The number of rotatable bonds is 5. The molecule has 1 N–H and O–H groups in total. The van der Waals surface area contributed by atoms with Gasteiger partial charge in [0.05, 0.1) is 4.90 Å². The number of piperazine rings is 1. The van der Waals surface area contributed by atoms with Crippen molar-refractivity contribution in [1.82, 2.24) is 19.6 Å². The molecule has 1 amide bonds. The average Bonchev–Trinajstić information content (AvgIpc) is 2.68. The van der Waals surface area contributed by atoms with Gasteiger partial charge in [0, 0.05) is 50.2 Å². The van der Waals surface area contributed by atoms with Crippen LogP contribution in [-0.4, -0.2) is 60.8 Å². The van der Waals surface area contributed by atoms with Crippen molar-refractivity contribution in [1.29, 1.82) is 0 Å². The van der Waals surface area contributed by atoms with Gasteiger partial charge in [-0.1, -0.05) is 6.07 Å². The fourth-order valence-electron chi connectivity index (χ4n) is 2.88. The molecule has 1 aromatic heterocycles. The van der Waals surface area contributed by atoms with Gasteiger partial charge in [-0.3, -0.25) is 4.79 Å². The summed E-state index contributed by atoms with van der Waals surface area (Å²) in [7, 11) is -3.67. The number of aromatic nitrogens is 2. The fraction of sp³-hybridized carbons (Fsp3) is 0.389. The summed E-state index contributed by atoms with van der Waals surface area (Å²) in [6.07, 6.45) is 3.33. The first-order valence-electron chi connectivity index (χ1n) is 8.81. The maximum Gasteiger partial charge on any atom is 0.251 e. The highest BCUT2D eigenvalue weighted by molar-refractivity contribution is 7.89. The molecular formula is C18H23N5O3S. The first-order valence-corrected chi connectivity index (χ1v) is 10.2. The van der Waals surface area contributed by atoms with E-state index in [1.165, 1.54) is 16.4 Å². The van der Waals surface area contributed by atoms with Crippen LogP contribution >= 0.6 is 0 Å². The number of amides is 1. The monoisotopic (exact) mass is 389 g/mol. The van der Waals surface area contributed by atoms with E-state index in [0.717, 1.165) is 0 Å². The molecule has 3 rings (SSSR count). The van der Waals surface area contributed by atoms with E-state index < -0.39 is 10.0 Å². The lowest BCUT2D eigenvalue weighted by Gasteiger charge is -2.33. The molecule has 0 saturated carbocycles. The van der Waals surface area contributed by atoms with Gasteiger partial charge in [-0.2, -0.15) is 4.31 Å². The molecule has 2 heterocycles. The van der Waals surface area contributed by atoms with E-state index in [4.69, 9.17) is 0 Å². The van der Waals surface area contributed by atoms with Crippen molar-refractivity contribution in [2.75, 3.05) is 31.1 Å². The number of carbonyl (C=O) groups is 1. The molecule has 1 fully saturated rings. The lowest BCUT2D eigenvalue weighted by molar-refractivity contribution is 0.0943. The van der Waals surface area contributed by atoms with Crippen LogP contribution in [-0.2, 0) is 10.0 Å². The molecule has 9 heteroatoms. The molecule has 144 valence electrons. The normalized spacial score (nSPS) is 15.7. The van der Waals surface area contributed by atoms with Crippen LogP contribution in [0.25, 0.3) is 0 Å². The summed E-state index contributed by atoms with van der Waals surface area (Å²) in [5.74, 6) is 0.315. The Labute approximate surface area is 159 Å². The quantitative estimate of drug-likeness (QED) is 0.824. The molecule has 2 aromatic rings. The molecule has 1 aromatic carbocycles. The van der Waals surface area contributed by atoms with Crippen molar-refractivity contribution in [3.05, 3.63) is 48.3 Å². The maximum absolute atomic E-state index is 13.0. The molecule has 1 saturated heterocycles. The number of nitrogens with zero attached hydrogens (tertiary/aromatic N) is 4. The molecule has 8 nitrogen and oxygen atoms in total. The van der Waals surface area contributed by atoms with Crippen LogP contribution in [0, 0.1) is 0 Å². The van der Waals surface area contributed by atoms with Crippen molar-refractivity contribution in [2.45, 2.75) is 24.8 Å². The minimum Gasteiger partial charge on any atom is -0.350 e. The van der Waals surface area contributed by atoms with E-state index in [2.05, 4.69) is 15.3 Å². The van der Waals surface area contributed by atoms with Gasteiger partial charge >= 0.3 is 0 Å². The molecular weight excluding hydrogens is 366 g/mol. The van der Waals surface area contributed by atoms with E-state index >= 15 is 0 Å². The minimum atomic E-state index is -3.67. The summed E-state index contributed by atoms with van der Waals surface area (Å²) < 4.78 is 27.4. The third-order valence-corrected chi connectivity index (χ3v) is 6.12. The molecule has 0 radical (unpaired) electrons. The minimum absolute atomic E-state index is 0.0222. The number of hydrogen-bond donors (Lipinski definition) is 1. The van der Waals surface area contributed by atoms with E-state index in [1.54, 1.807) is 30.6 Å². The van der Waals surface area contributed by atoms with Crippen molar-refractivity contribution >= 4 is 21.9 Å². The van der Waals surface area contributed by atoms with Crippen LogP contribution < -0.4 is 10.2 Å². The Kier molecular flexibility index (Phi) is 5.71. The van der Waals surface area contributed by atoms with E-state index in [9.17, 15) is 13.2 Å². The summed E-state index contributed by atoms with van der Waals surface area (Å²) in [5, 5.41) is 2.77. The molecule has 27 heavy (non-hydrogen) atoms. The Bertz CT molecular complexity index is 894. The van der Waals surface area contributed by atoms with Crippen molar-refractivity contribution in [2.24, 2.45) is 0 Å². The van der Waals surface area contributed by atoms with Gasteiger partial charge in [-0.15, -0.1) is 0 Å². The number of anilines is 1. The van der Waals surface area contributed by atoms with Gasteiger partial charge in [0.25, 0.3) is 5.91 Å². The Morgan fingerprint density at radius 3 is 2.37 bits per heavy atom. The molecule has 0 bridgehead atoms. The number of sulfonamides is 1. The molecule has 0 atom stereocenters. The van der Waals surface area contributed by atoms with Crippen molar-refractivity contribution in [3.63, 3.8) is 0 Å². The topological polar surface area (TPSA) is 95.5 Å². The predicted molar refractivity (Wildman–Crippen MR) is 102 cm³/mol. The third kappa shape index (κ3) is 4.42. The summed E-state index contributed by atoms with van der Waals surface area (Å²) in [6, 6.07) is 7.88. The first-order chi connectivity index (χ1) is 12.9. The lowest BCUT2D eigenvalue weighted by atomic mass is 10.2. The highest BCUT2D eigenvalue weighted by atomic mass is 32.2. The van der Waals surface area contributed by atoms with Crippen LogP contribution in [0.5, 0.6) is 0 Å². The van der Waals surface area contributed by atoms with Gasteiger partial charge in [0.15, 0.2) is 0 Å². The summed E-state index contributed by atoms with van der Waals surface area (Å²) in [6.45, 7) is 5.41. The first kappa shape index (κ1) is 19.2. The van der Waals surface area contributed by atoms with E-state index in [0.29, 0.717) is 37.7 Å². The van der Waals surface area contributed by atoms with Gasteiger partial charge in [-0.25, -0.2) is 18.4 Å². The summed E-state index contributed by atoms with van der Waals surface area (Å²) in [5.41, 5.74) is 0.334. The Morgan fingerprint density at radius 1 is 1.07 bits per heavy atom. The van der Waals surface area contributed by atoms with Gasteiger partial charge in [0.2, 0.25) is 16.0 Å². The Morgan fingerprint density at radius 2 is 1.74 bits per heavy atom. The standard InChI is InChI=1S/C18H23N5O3S/c1-14(2)21-17(24)15-5-3-6-16(13-15)27(25,26)23-11-9-22(10-12-23)18-19-7-4-8-20-18/h3-8,13-14H,9-12H2,1-2H3,(H,21,24). The van der Waals surface area contributed by atoms with Gasteiger partial charge < -0.3 is 10.2 Å². The zero-order chi connectivity index (χ0) is 19.4. The highest BCUT2D eigenvalue weighted by Crippen LogP contribution is 2.20. The molecule has 1 aliphatic heterocycles. The van der Waals surface area contributed by atoms with Crippen LogP contribution in [0.15, 0.2) is 47.6 Å². The van der Waals surface area contributed by atoms with Crippen molar-refractivity contribution in [3.8, 4) is 0 Å². The van der Waals surface area contributed by atoms with Gasteiger partial charge in [-0.05, 0) is 38.1 Å². The van der Waals surface area contributed by atoms with Crippen LogP contribution in [0.1, 0.15) is 24.2 Å². The summed E-state index contributed by atoms with van der Waals surface area (Å²) in [4.78, 5) is 22.7. The lowest BCUT2D eigenvalue weighted by Crippen LogP contribution is -2.49. The van der Waals surface area contributed by atoms with Crippen LogP contribution in [0.3, 0.4) is 0 Å². The zero-order valence-corrected chi connectivity index (χ0v) is 16.2. The Hall–Kier alpha value is -2.52. The number of nitrogens with one attached hydrogen (secondary N) is 1. The van der Waals surface area contributed by atoms with Gasteiger partial charge in [0.1, 0.15) is 0 Å². The summed E-state index contributed by atoms with van der Waals surface area (Å²) >= 11 is 0. The predicted octanol–water partition coefficient (Wildman–Crippen LogP) is 1.13. The second-order valence-corrected chi connectivity index (χ2v) is 8.53. The maximum atomic E-state index is 13.0. The fourth-order valence-corrected chi connectivity index (χ4v) is 4.34. The number of hydrogen-bond acceptors (Lipinski definition) is 6.